The predicted molar refractivity (Wildman–Crippen MR) is 128 cm³/mol. The molecule has 0 bridgehead atoms. The highest BCUT2D eigenvalue weighted by Gasteiger charge is 2.17. The molecule has 2 aromatic heterocycles. The van der Waals surface area contributed by atoms with Crippen molar-refractivity contribution in [3.63, 3.8) is 0 Å². The van der Waals surface area contributed by atoms with Gasteiger partial charge in [-0.25, -0.2) is 4.79 Å². The second-order valence-electron chi connectivity index (χ2n) is 7.37. The Hall–Kier alpha value is -3.91. The number of carbonyl (C=O) groups is 1. The van der Waals surface area contributed by atoms with Gasteiger partial charge in [0.2, 0.25) is 0 Å². The molecule has 8 heteroatoms. The summed E-state index contributed by atoms with van der Waals surface area (Å²) in [7, 11) is 3.15. The Morgan fingerprint density at radius 1 is 1.03 bits per heavy atom. The molecule has 0 saturated carbocycles. The first-order valence-electron chi connectivity index (χ1n) is 10.3. The summed E-state index contributed by atoms with van der Waals surface area (Å²) in [6, 6.07) is 16.6. The molecule has 0 atom stereocenters. The van der Waals surface area contributed by atoms with E-state index in [1.807, 2.05) is 54.0 Å². The summed E-state index contributed by atoms with van der Waals surface area (Å²) in [6.07, 6.45) is 0. The lowest BCUT2D eigenvalue weighted by molar-refractivity contribution is 0.0994. The number of hydrogen-bond donors (Lipinski definition) is 0. The molecule has 5 rings (SSSR count). The van der Waals surface area contributed by atoms with Crippen molar-refractivity contribution in [2.24, 2.45) is 4.99 Å². The molecule has 7 nitrogen and oxygen atoms in total. The topological polar surface area (TPSA) is 83.0 Å². The summed E-state index contributed by atoms with van der Waals surface area (Å²) in [6.45, 7) is 2.54. The Labute approximate surface area is 192 Å². The number of rotatable bonds is 4. The fraction of sp³-hybridized carbons (Fsp3) is 0.160. The molecule has 0 spiro atoms. The van der Waals surface area contributed by atoms with Gasteiger partial charge in [0.15, 0.2) is 16.3 Å². The van der Waals surface area contributed by atoms with Crippen molar-refractivity contribution < 1.29 is 18.7 Å². The number of fused-ring (bicyclic) bond motifs is 4. The lowest BCUT2D eigenvalue weighted by Crippen LogP contribution is -2.19. The Kier molecular flexibility index (Phi) is 5.22. The van der Waals surface area contributed by atoms with Crippen LogP contribution >= 0.6 is 11.3 Å². The highest BCUT2D eigenvalue weighted by Crippen LogP contribution is 2.33. The van der Waals surface area contributed by atoms with Crippen molar-refractivity contribution in [3.8, 4) is 11.5 Å². The van der Waals surface area contributed by atoms with Crippen molar-refractivity contribution in [2.75, 3.05) is 14.2 Å². The highest BCUT2D eigenvalue weighted by molar-refractivity contribution is 7.16. The molecule has 166 valence electrons. The minimum atomic E-state index is -0.709. The molecule has 0 saturated heterocycles. The number of aromatic nitrogens is 1. The van der Waals surface area contributed by atoms with Gasteiger partial charge in [0.05, 0.1) is 24.4 Å². The molecule has 0 aliphatic carbocycles. The van der Waals surface area contributed by atoms with Crippen LogP contribution in [-0.4, -0.2) is 24.7 Å². The first kappa shape index (κ1) is 21.0. The average Bonchev–Trinajstić information content (AvgIpc) is 3.17. The number of thiazole rings is 1. The van der Waals surface area contributed by atoms with Crippen LogP contribution in [0, 0.1) is 0 Å². The number of carbonyl (C=O) groups excluding carboxylic acids is 1. The van der Waals surface area contributed by atoms with E-state index < -0.39 is 11.5 Å². The van der Waals surface area contributed by atoms with Crippen LogP contribution in [-0.2, 0) is 6.54 Å². The maximum absolute atomic E-state index is 13.1. The lowest BCUT2D eigenvalue weighted by atomic mass is 10.0. The van der Waals surface area contributed by atoms with E-state index in [9.17, 15) is 9.59 Å². The Balaban J connectivity index is 1.70. The van der Waals surface area contributed by atoms with Gasteiger partial charge in [-0.1, -0.05) is 41.7 Å². The largest absolute Gasteiger partial charge is 0.493 e. The molecule has 5 aromatic rings. The molecule has 0 unspecified atom stereocenters. The van der Waals surface area contributed by atoms with Gasteiger partial charge in [-0.05, 0) is 29.8 Å². The number of ether oxygens (including phenoxy) is 2. The zero-order chi connectivity index (χ0) is 23.1. The number of methoxy groups -OCH3 is 2. The number of amides is 1. The van der Waals surface area contributed by atoms with Crippen LogP contribution in [0.4, 0.5) is 0 Å². The third-order valence-corrected chi connectivity index (χ3v) is 6.61. The molecule has 1 amide bonds. The zero-order valence-corrected chi connectivity index (χ0v) is 19.1. The highest BCUT2D eigenvalue weighted by atomic mass is 32.1. The predicted octanol–water partition coefficient (Wildman–Crippen LogP) is 4.74. The summed E-state index contributed by atoms with van der Waals surface area (Å²) in [5.41, 5.74) is 0.483. The smallest absolute Gasteiger partial charge is 0.349 e. The van der Waals surface area contributed by atoms with Gasteiger partial charge in [0.25, 0.3) is 5.91 Å². The van der Waals surface area contributed by atoms with E-state index >= 15 is 0 Å². The molecule has 0 radical (unpaired) electrons. The third-order valence-electron chi connectivity index (χ3n) is 5.57. The summed E-state index contributed by atoms with van der Waals surface area (Å²) in [4.78, 5) is 30.5. The van der Waals surface area contributed by atoms with Crippen LogP contribution in [0.1, 0.15) is 17.3 Å². The van der Waals surface area contributed by atoms with Crippen molar-refractivity contribution in [2.45, 2.75) is 13.5 Å². The minimum absolute atomic E-state index is 0.103. The maximum Gasteiger partial charge on any atom is 0.349 e. The standard InChI is InChI=1S/C25H20N2O5S/c1-4-27-18-12-20(30-2)21(31-3)13-22(18)33-25(27)26-23(28)17-11-16-15-8-6-5-7-14(15)9-10-19(16)32-24(17)29/h5-13H,4H2,1-3H3. The number of nitrogens with zero attached hydrogens (tertiary/aromatic N) is 2. The summed E-state index contributed by atoms with van der Waals surface area (Å²) >= 11 is 1.34. The Morgan fingerprint density at radius 2 is 1.79 bits per heavy atom. The second kappa shape index (κ2) is 8.22. The molecule has 0 fully saturated rings. The fourth-order valence-corrected chi connectivity index (χ4v) is 5.06. The number of hydrogen-bond acceptors (Lipinski definition) is 6. The van der Waals surface area contributed by atoms with Gasteiger partial charge in [-0.3, -0.25) is 4.79 Å². The molecule has 33 heavy (non-hydrogen) atoms. The molecule has 3 aromatic carbocycles. The van der Waals surface area contributed by atoms with E-state index in [1.54, 1.807) is 26.4 Å². The zero-order valence-electron chi connectivity index (χ0n) is 18.2. The first-order valence-corrected chi connectivity index (χ1v) is 11.2. The van der Waals surface area contributed by atoms with Gasteiger partial charge in [-0.2, -0.15) is 4.99 Å². The van der Waals surface area contributed by atoms with Crippen molar-refractivity contribution in [3.05, 3.63) is 75.4 Å². The van der Waals surface area contributed by atoms with Crippen molar-refractivity contribution >= 4 is 49.2 Å². The van der Waals surface area contributed by atoms with Gasteiger partial charge in [-0.15, -0.1) is 0 Å². The average molecular weight is 461 g/mol. The molecule has 2 heterocycles. The van der Waals surface area contributed by atoms with Crippen LogP contribution in [0.5, 0.6) is 11.5 Å². The molecule has 0 aliphatic heterocycles. The first-order chi connectivity index (χ1) is 16.0. The van der Waals surface area contributed by atoms with E-state index in [-0.39, 0.29) is 5.56 Å². The van der Waals surface area contributed by atoms with Crippen molar-refractivity contribution in [1.82, 2.24) is 4.57 Å². The van der Waals surface area contributed by atoms with Gasteiger partial charge < -0.3 is 18.5 Å². The molecule has 0 N–H and O–H groups in total. The van der Waals surface area contributed by atoms with Gasteiger partial charge in [0.1, 0.15) is 11.1 Å². The summed E-state index contributed by atoms with van der Waals surface area (Å²) < 4.78 is 19.1. The SMILES string of the molecule is CCn1c(=NC(=O)c2cc3c(ccc4ccccc43)oc2=O)sc2cc(OC)c(OC)cc21. The normalized spacial score (nSPS) is 12.0. The molecular weight excluding hydrogens is 440 g/mol. The lowest BCUT2D eigenvalue weighted by Gasteiger charge is -2.08. The van der Waals surface area contributed by atoms with E-state index in [0.717, 1.165) is 21.0 Å². The van der Waals surface area contributed by atoms with Crippen molar-refractivity contribution in [1.29, 1.82) is 0 Å². The van der Waals surface area contributed by atoms with Gasteiger partial charge >= 0.3 is 5.63 Å². The van der Waals surface area contributed by atoms with E-state index in [0.29, 0.717) is 33.8 Å². The number of benzene rings is 3. The quantitative estimate of drug-likeness (QED) is 0.286. The summed E-state index contributed by atoms with van der Waals surface area (Å²) in [5, 5.41) is 2.59. The van der Waals surface area contributed by atoms with Crippen LogP contribution in [0.2, 0.25) is 0 Å². The third kappa shape index (κ3) is 3.48. The van der Waals surface area contributed by atoms with E-state index in [4.69, 9.17) is 13.9 Å². The minimum Gasteiger partial charge on any atom is -0.493 e. The van der Waals surface area contributed by atoms with Crippen LogP contribution in [0.3, 0.4) is 0 Å². The fourth-order valence-electron chi connectivity index (χ4n) is 3.96. The van der Waals surface area contributed by atoms with E-state index in [2.05, 4.69) is 4.99 Å². The Bertz CT molecular complexity index is 1680. The Morgan fingerprint density at radius 3 is 2.55 bits per heavy atom. The van der Waals surface area contributed by atoms with Crippen LogP contribution in [0.25, 0.3) is 32.0 Å². The van der Waals surface area contributed by atoms with Gasteiger partial charge in [0, 0.05) is 24.1 Å². The summed E-state index contributed by atoms with van der Waals surface area (Å²) in [5.74, 6) is 0.533. The van der Waals surface area contributed by atoms with E-state index in [1.165, 1.54) is 11.3 Å². The van der Waals surface area contributed by atoms with Crippen LogP contribution in [0.15, 0.2) is 68.8 Å². The number of aryl methyl sites for hydroxylation is 1. The monoisotopic (exact) mass is 460 g/mol. The maximum atomic E-state index is 13.1. The molecular formula is C25H20N2O5S. The van der Waals surface area contributed by atoms with Crippen LogP contribution < -0.4 is 19.9 Å². The second-order valence-corrected chi connectivity index (χ2v) is 8.38. The molecule has 0 aliphatic rings.